The van der Waals surface area contributed by atoms with E-state index in [2.05, 4.69) is 27.4 Å². The molecule has 1 aliphatic carbocycles. The number of aryl methyl sites for hydroxylation is 1. The van der Waals surface area contributed by atoms with Crippen molar-refractivity contribution in [3.05, 3.63) is 75.8 Å². The summed E-state index contributed by atoms with van der Waals surface area (Å²) in [4.78, 5) is 28.6. The van der Waals surface area contributed by atoms with Gasteiger partial charge in [-0.3, -0.25) is 14.0 Å². The minimum atomic E-state index is -4.76. The standard InChI is InChI=1S/C25H23F4N5O2/c1-2-24(8-7-19-16-5-3-4-6-17(16)22(35)33-32-19)10-15(11-24)31-23(36)20-12-30-21-18(26)9-14(13-34(20)21)25(27,28)29/h3-6,9,12-13,15H,2,7-8,10-11H2,1H3,(H,31,36)(H,33,35). The summed E-state index contributed by atoms with van der Waals surface area (Å²) in [6.45, 7) is 2.07. The highest BCUT2D eigenvalue weighted by molar-refractivity contribution is 5.93. The molecule has 1 amide bonds. The molecule has 0 unspecified atom stereocenters. The maximum Gasteiger partial charge on any atom is 0.417 e. The van der Waals surface area contributed by atoms with Crippen molar-refractivity contribution in [2.75, 3.05) is 0 Å². The zero-order chi connectivity index (χ0) is 25.7. The van der Waals surface area contributed by atoms with Crippen LogP contribution in [0.3, 0.4) is 0 Å². The molecular formula is C25H23F4N5O2. The summed E-state index contributed by atoms with van der Waals surface area (Å²) in [7, 11) is 0. The molecule has 1 saturated carbocycles. The number of halogens is 4. The molecule has 1 aliphatic rings. The molecule has 1 fully saturated rings. The number of rotatable bonds is 6. The number of aromatic amines is 1. The van der Waals surface area contributed by atoms with Gasteiger partial charge in [-0.2, -0.15) is 18.3 Å². The second kappa shape index (κ2) is 8.72. The lowest BCUT2D eigenvalue weighted by molar-refractivity contribution is -0.138. The van der Waals surface area contributed by atoms with Crippen LogP contribution in [0.15, 0.2) is 47.5 Å². The quantitative estimate of drug-likeness (QED) is 0.376. The van der Waals surface area contributed by atoms with E-state index in [9.17, 15) is 27.2 Å². The highest BCUT2D eigenvalue weighted by atomic mass is 19.4. The lowest BCUT2D eigenvalue weighted by atomic mass is 9.61. The summed E-state index contributed by atoms with van der Waals surface area (Å²) in [5.74, 6) is -1.76. The van der Waals surface area contributed by atoms with E-state index in [1.807, 2.05) is 12.1 Å². The van der Waals surface area contributed by atoms with Gasteiger partial charge in [-0.05, 0) is 43.2 Å². The number of nitrogens with one attached hydrogen (secondary N) is 2. The number of nitrogens with zero attached hydrogens (tertiary/aromatic N) is 3. The number of carbonyl (C=O) groups is 1. The van der Waals surface area contributed by atoms with Crippen LogP contribution in [0.2, 0.25) is 0 Å². The summed E-state index contributed by atoms with van der Waals surface area (Å²) >= 11 is 0. The molecular weight excluding hydrogens is 478 g/mol. The number of hydrogen-bond donors (Lipinski definition) is 2. The molecule has 36 heavy (non-hydrogen) atoms. The van der Waals surface area contributed by atoms with Crippen LogP contribution in [0, 0.1) is 11.2 Å². The van der Waals surface area contributed by atoms with E-state index in [1.54, 1.807) is 12.1 Å². The average molecular weight is 501 g/mol. The average Bonchev–Trinajstić information content (AvgIpc) is 3.26. The highest BCUT2D eigenvalue weighted by Gasteiger charge is 2.43. The van der Waals surface area contributed by atoms with Gasteiger partial charge < -0.3 is 5.32 Å². The van der Waals surface area contributed by atoms with Gasteiger partial charge in [0.15, 0.2) is 11.5 Å². The third-order valence-electron chi connectivity index (χ3n) is 7.23. The van der Waals surface area contributed by atoms with E-state index in [1.165, 1.54) is 0 Å². The molecule has 0 radical (unpaired) electrons. The van der Waals surface area contributed by atoms with Crippen LogP contribution < -0.4 is 10.9 Å². The SMILES string of the molecule is CCC1(CCc2n[nH]c(=O)c3ccccc23)CC(NC(=O)c2cnc3c(F)cc(C(F)(F)F)cn23)C1. The predicted molar refractivity (Wildman–Crippen MR) is 124 cm³/mol. The van der Waals surface area contributed by atoms with Crippen LogP contribution in [-0.2, 0) is 12.6 Å². The number of H-pyrrole nitrogens is 1. The lowest BCUT2D eigenvalue weighted by Gasteiger charge is -2.48. The molecule has 5 rings (SSSR count). The summed E-state index contributed by atoms with van der Waals surface area (Å²) in [6.07, 6.45) is 0.702. The van der Waals surface area contributed by atoms with Gasteiger partial charge in [-0.15, -0.1) is 0 Å². The lowest BCUT2D eigenvalue weighted by Crippen LogP contribution is -2.51. The number of alkyl halides is 3. The summed E-state index contributed by atoms with van der Waals surface area (Å²) in [5, 5.41) is 11.0. The van der Waals surface area contributed by atoms with E-state index in [-0.39, 0.29) is 28.4 Å². The fourth-order valence-corrected chi connectivity index (χ4v) is 5.13. The van der Waals surface area contributed by atoms with Crippen molar-refractivity contribution in [3.63, 3.8) is 0 Å². The number of amides is 1. The third-order valence-corrected chi connectivity index (χ3v) is 7.23. The molecule has 188 valence electrons. The van der Waals surface area contributed by atoms with E-state index in [4.69, 9.17) is 0 Å². The second-order valence-corrected chi connectivity index (χ2v) is 9.39. The predicted octanol–water partition coefficient (Wildman–Crippen LogP) is 4.65. The summed E-state index contributed by atoms with van der Waals surface area (Å²) in [5.41, 5.74) is -1.17. The van der Waals surface area contributed by atoms with Crippen molar-refractivity contribution in [2.45, 2.75) is 51.2 Å². The number of imidazole rings is 1. The van der Waals surface area contributed by atoms with Crippen LogP contribution in [0.25, 0.3) is 16.4 Å². The van der Waals surface area contributed by atoms with E-state index in [0.717, 1.165) is 34.5 Å². The molecule has 4 aromatic rings. The molecule has 11 heteroatoms. The van der Waals surface area contributed by atoms with Crippen molar-refractivity contribution in [2.24, 2.45) is 5.41 Å². The first-order valence-electron chi connectivity index (χ1n) is 11.6. The third kappa shape index (κ3) is 4.22. The van der Waals surface area contributed by atoms with Crippen LogP contribution in [0.1, 0.15) is 54.4 Å². The molecule has 7 nitrogen and oxygen atoms in total. The largest absolute Gasteiger partial charge is 0.417 e. The van der Waals surface area contributed by atoms with Gasteiger partial charge >= 0.3 is 6.18 Å². The normalized spacial score (nSPS) is 20.0. The number of pyridine rings is 1. The molecule has 3 aromatic heterocycles. The Labute approximate surface area is 202 Å². The fourth-order valence-electron chi connectivity index (χ4n) is 5.13. The van der Waals surface area contributed by atoms with Gasteiger partial charge in [0.2, 0.25) is 0 Å². The Morgan fingerprint density at radius 2 is 1.97 bits per heavy atom. The molecule has 0 aliphatic heterocycles. The Hall–Kier alpha value is -3.76. The van der Waals surface area contributed by atoms with Crippen molar-refractivity contribution in [1.82, 2.24) is 24.9 Å². The monoisotopic (exact) mass is 501 g/mol. The van der Waals surface area contributed by atoms with Crippen molar-refractivity contribution < 1.29 is 22.4 Å². The molecule has 1 aromatic carbocycles. The van der Waals surface area contributed by atoms with Crippen LogP contribution in [0.5, 0.6) is 0 Å². The fraction of sp³-hybridized carbons (Fsp3) is 0.360. The first-order valence-corrected chi connectivity index (χ1v) is 11.6. The number of aromatic nitrogens is 4. The number of fused-ring (bicyclic) bond motifs is 2. The molecule has 0 saturated heterocycles. The minimum absolute atomic E-state index is 0.0358. The first kappa shape index (κ1) is 24.0. The van der Waals surface area contributed by atoms with Gasteiger partial charge in [-0.25, -0.2) is 14.5 Å². The van der Waals surface area contributed by atoms with Gasteiger partial charge in [0.25, 0.3) is 11.5 Å². The van der Waals surface area contributed by atoms with Crippen molar-refractivity contribution >= 4 is 22.3 Å². The Morgan fingerprint density at radius 1 is 1.25 bits per heavy atom. The number of benzene rings is 1. The maximum absolute atomic E-state index is 14.1. The molecule has 0 bridgehead atoms. The van der Waals surface area contributed by atoms with Crippen molar-refractivity contribution in [1.29, 1.82) is 0 Å². The van der Waals surface area contributed by atoms with Gasteiger partial charge in [-0.1, -0.05) is 31.5 Å². The molecule has 0 spiro atoms. The zero-order valence-corrected chi connectivity index (χ0v) is 19.3. The van der Waals surface area contributed by atoms with Crippen molar-refractivity contribution in [3.8, 4) is 0 Å². The molecule has 3 heterocycles. The number of hydrogen-bond acceptors (Lipinski definition) is 4. The maximum atomic E-state index is 14.1. The first-order chi connectivity index (χ1) is 17.1. The Balaban J connectivity index is 1.27. The smallest absolute Gasteiger partial charge is 0.348 e. The van der Waals surface area contributed by atoms with Crippen LogP contribution >= 0.6 is 0 Å². The summed E-state index contributed by atoms with van der Waals surface area (Å²) in [6, 6.07) is 7.49. The second-order valence-electron chi connectivity index (χ2n) is 9.39. The Morgan fingerprint density at radius 3 is 2.67 bits per heavy atom. The van der Waals surface area contributed by atoms with Gasteiger partial charge in [0.1, 0.15) is 5.69 Å². The molecule has 2 N–H and O–H groups in total. The van der Waals surface area contributed by atoms with Gasteiger partial charge in [0, 0.05) is 17.6 Å². The van der Waals surface area contributed by atoms with Gasteiger partial charge in [0.05, 0.1) is 22.8 Å². The highest BCUT2D eigenvalue weighted by Crippen LogP contribution is 2.47. The summed E-state index contributed by atoms with van der Waals surface area (Å²) < 4.78 is 54.3. The zero-order valence-electron chi connectivity index (χ0n) is 19.3. The molecule has 0 atom stereocenters. The van der Waals surface area contributed by atoms with Crippen LogP contribution in [-0.4, -0.2) is 31.5 Å². The van der Waals surface area contributed by atoms with Crippen LogP contribution in [0.4, 0.5) is 17.6 Å². The topological polar surface area (TPSA) is 92.1 Å². The number of carbonyl (C=O) groups excluding carboxylic acids is 1. The Bertz CT molecular complexity index is 1520. The van der Waals surface area contributed by atoms with E-state index in [0.29, 0.717) is 36.9 Å². The Kier molecular flexibility index (Phi) is 5.80. The van der Waals surface area contributed by atoms with E-state index >= 15 is 0 Å². The minimum Gasteiger partial charge on any atom is -0.348 e. The van der Waals surface area contributed by atoms with E-state index < -0.39 is 23.5 Å².